The molecular formula is C24H42N2O. The van der Waals surface area contributed by atoms with Crippen molar-refractivity contribution < 1.29 is 5.21 Å². The van der Waals surface area contributed by atoms with Crippen molar-refractivity contribution in [3.05, 3.63) is 35.9 Å². The maximum absolute atomic E-state index is 9.66. The number of hydrogen-bond donors (Lipinski definition) is 1. The van der Waals surface area contributed by atoms with Gasteiger partial charge in [0.1, 0.15) is 5.71 Å². The molecule has 27 heavy (non-hydrogen) atoms. The van der Waals surface area contributed by atoms with Crippen LogP contribution in [0.2, 0.25) is 0 Å². The highest BCUT2D eigenvalue weighted by Gasteiger charge is 2.19. The largest absolute Gasteiger partial charge is 0.411 e. The predicted octanol–water partition coefficient (Wildman–Crippen LogP) is 6.60. The van der Waals surface area contributed by atoms with E-state index in [0.717, 1.165) is 42.7 Å². The molecule has 3 nitrogen and oxygen atoms in total. The summed E-state index contributed by atoms with van der Waals surface area (Å²) in [6, 6.07) is 10.1. The number of benzene rings is 1. The first-order chi connectivity index (χ1) is 13.2. The molecule has 0 saturated heterocycles. The van der Waals surface area contributed by atoms with Crippen molar-refractivity contribution in [1.82, 2.24) is 4.90 Å². The maximum Gasteiger partial charge on any atom is 0.101 e. The molecule has 0 saturated carbocycles. The van der Waals surface area contributed by atoms with Crippen molar-refractivity contribution in [2.75, 3.05) is 19.6 Å². The molecule has 154 valence electrons. The molecule has 1 aromatic carbocycles. The smallest absolute Gasteiger partial charge is 0.101 e. The molecule has 0 bridgehead atoms. The van der Waals surface area contributed by atoms with Gasteiger partial charge >= 0.3 is 0 Å². The van der Waals surface area contributed by atoms with E-state index < -0.39 is 0 Å². The van der Waals surface area contributed by atoms with E-state index in [1.54, 1.807) is 0 Å². The first kappa shape index (κ1) is 23.7. The number of unbranched alkanes of at least 4 members (excludes halogenated alkanes) is 2. The molecule has 0 spiro atoms. The molecule has 0 radical (unpaired) electrons. The van der Waals surface area contributed by atoms with Crippen LogP contribution in [0.15, 0.2) is 35.5 Å². The SMILES string of the molecule is CCCCC(CC)CN(C/C(=N/O)c1ccccc1)CC(CC)CCCC. The van der Waals surface area contributed by atoms with E-state index in [0.29, 0.717) is 0 Å². The van der Waals surface area contributed by atoms with Gasteiger partial charge in [0.2, 0.25) is 0 Å². The lowest BCUT2D eigenvalue weighted by atomic mass is 9.95. The molecule has 2 atom stereocenters. The van der Waals surface area contributed by atoms with Crippen molar-refractivity contribution >= 4 is 5.71 Å². The van der Waals surface area contributed by atoms with Crippen LogP contribution in [-0.2, 0) is 0 Å². The molecule has 3 heteroatoms. The predicted molar refractivity (Wildman–Crippen MR) is 118 cm³/mol. The standard InChI is InChI=1S/C24H42N2O/c1-5-9-14-21(7-3)18-26(19-22(8-4)15-10-6-2)20-24(25-27)23-16-12-11-13-17-23/h11-13,16-17,21-22,27H,5-10,14-15,18-20H2,1-4H3/b25-24-. The van der Waals surface area contributed by atoms with Gasteiger partial charge in [0.05, 0.1) is 0 Å². The molecule has 0 aliphatic carbocycles. The van der Waals surface area contributed by atoms with Gasteiger partial charge in [-0.1, -0.05) is 102 Å². The summed E-state index contributed by atoms with van der Waals surface area (Å²) in [7, 11) is 0. The van der Waals surface area contributed by atoms with E-state index in [1.165, 1.54) is 51.4 Å². The zero-order valence-electron chi connectivity index (χ0n) is 18.2. The van der Waals surface area contributed by atoms with Crippen LogP contribution in [0.4, 0.5) is 0 Å². The van der Waals surface area contributed by atoms with E-state index in [9.17, 15) is 5.21 Å². The van der Waals surface area contributed by atoms with Gasteiger partial charge in [-0.15, -0.1) is 0 Å². The van der Waals surface area contributed by atoms with Gasteiger partial charge in [0.25, 0.3) is 0 Å². The Morgan fingerprint density at radius 2 is 1.41 bits per heavy atom. The second-order valence-corrected chi connectivity index (χ2v) is 7.94. The molecule has 0 aliphatic rings. The second kappa shape index (κ2) is 14.7. The fourth-order valence-electron chi connectivity index (χ4n) is 3.79. The van der Waals surface area contributed by atoms with Gasteiger partial charge in [-0.3, -0.25) is 4.90 Å². The Labute approximate surface area is 167 Å². The summed E-state index contributed by atoms with van der Waals surface area (Å²) in [5, 5.41) is 13.3. The van der Waals surface area contributed by atoms with Crippen LogP contribution < -0.4 is 0 Å². The fourth-order valence-corrected chi connectivity index (χ4v) is 3.79. The normalized spacial score (nSPS) is 14.5. The lowest BCUT2D eigenvalue weighted by Crippen LogP contribution is -2.38. The molecule has 1 aromatic rings. The Morgan fingerprint density at radius 3 is 1.81 bits per heavy atom. The molecule has 0 heterocycles. The maximum atomic E-state index is 9.66. The highest BCUT2D eigenvalue weighted by atomic mass is 16.4. The van der Waals surface area contributed by atoms with Crippen LogP contribution in [0.25, 0.3) is 0 Å². The molecule has 1 rings (SSSR count). The first-order valence-electron chi connectivity index (χ1n) is 11.2. The summed E-state index contributed by atoms with van der Waals surface area (Å²) in [5.74, 6) is 1.45. The quantitative estimate of drug-likeness (QED) is 0.213. The van der Waals surface area contributed by atoms with Gasteiger partial charge in [-0.2, -0.15) is 0 Å². The van der Waals surface area contributed by atoms with Gasteiger partial charge in [-0.25, -0.2) is 0 Å². The minimum atomic E-state index is 0.726. The van der Waals surface area contributed by atoms with Crippen LogP contribution in [0.1, 0.15) is 84.6 Å². The summed E-state index contributed by atoms with van der Waals surface area (Å²) in [5.41, 5.74) is 1.81. The van der Waals surface area contributed by atoms with E-state index in [2.05, 4.69) is 37.8 Å². The summed E-state index contributed by atoms with van der Waals surface area (Å²) < 4.78 is 0. The fraction of sp³-hybridized carbons (Fsp3) is 0.708. The van der Waals surface area contributed by atoms with Crippen molar-refractivity contribution in [3.63, 3.8) is 0 Å². The van der Waals surface area contributed by atoms with Gasteiger partial charge < -0.3 is 5.21 Å². The van der Waals surface area contributed by atoms with E-state index in [1.807, 2.05) is 30.3 Å². The number of oxime groups is 1. The molecule has 0 aromatic heterocycles. The lowest BCUT2D eigenvalue weighted by Gasteiger charge is -2.30. The van der Waals surface area contributed by atoms with Crippen LogP contribution in [0.5, 0.6) is 0 Å². The number of rotatable bonds is 15. The van der Waals surface area contributed by atoms with Crippen molar-refractivity contribution in [3.8, 4) is 0 Å². The molecule has 0 amide bonds. The monoisotopic (exact) mass is 374 g/mol. The summed E-state index contributed by atoms with van der Waals surface area (Å²) in [4.78, 5) is 2.55. The Morgan fingerprint density at radius 1 is 0.889 bits per heavy atom. The molecule has 1 N–H and O–H groups in total. The molecule has 2 unspecified atom stereocenters. The Balaban J connectivity index is 2.87. The van der Waals surface area contributed by atoms with Crippen molar-refractivity contribution in [2.45, 2.75) is 79.1 Å². The van der Waals surface area contributed by atoms with Crippen molar-refractivity contribution in [2.24, 2.45) is 17.0 Å². The van der Waals surface area contributed by atoms with Crippen LogP contribution in [0.3, 0.4) is 0 Å². The topological polar surface area (TPSA) is 35.8 Å². The van der Waals surface area contributed by atoms with Gasteiger partial charge in [0, 0.05) is 25.2 Å². The highest BCUT2D eigenvalue weighted by Crippen LogP contribution is 2.19. The summed E-state index contributed by atoms with van der Waals surface area (Å²) in [6.07, 6.45) is 10.2. The van der Waals surface area contributed by atoms with Crippen molar-refractivity contribution in [1.29, 1.82) is 0 Å². The molecule has 0 aliphatic heterocycles. The van der Waals surface area contributed by atoms with E-state index in [4.69, 9.17) is 0 Å². The zero-order valence-corrected chi connectivity index (χ0v) is 18.2. The summed E-state index contributed by atoms with van der Waals surface area (Å²) >= 11 is 0. The van der Waals surface area contributed by atoms with Crippen LogP contribution >= 0.6 is 0 Å². The summed E-state index contributed by atoms with van der Waals surface area (Å²) in [6.45, 7) is 12.1. The third kappa shape index (κ3) is 9.41. The van der Waals surface area contributed by atoms with Gasteiger partial charge in [0.15, 0.2) is 0 Å². The van der Waals surface area contributed by atoms with E-state index in [-0.39, 0.29) is 0 Å². The highest BCUT2D eigenvalue weighted by molar-refractivity contribution is 6.01. The zero-order chi connectivity index (χ0) is 19.9. The average molecular weight is 375 g/mol. The Bertz CT molecular complexity index is 482. The lowest BCUT2D eigenvalue weighted by molar-refractivity contribution is 0.200. The first-order valence-corrected chi connectivity index (χ1v) is 11.2. The third-order valence-corrected chi connectivity index (χ3v) is 5.72. The number of hydrogen-bond acceptors (Lipinski definition) is 3. The number of nitrogens with zero attached hydrogens (tertiary/aromatic N) is 2. The average Bonchev–Trinajstić information content (AvgIpc) is 2.72. The minimum Gasteiger partial charge on any atom is -0.411 e. The Hall–Kier alpha value is -1.35. The second-order valence-electron chi connectivity index (χ2n) is 7.94. The van der Waals surface area contributed by atoms with Crippen LogP contribution in [0, 0.1) is 11.8 Å². The van der Waals surface area contributed by atoms with E-state index >= 15 is 0 Å². The third-order valence-electron chi connectivity index (χ3n) is 5.72. The van der Waals surface area contributed by atoms with Crippen LogP contribution in [-0.4, -0.2) is 35.5 Å². The van der Waals surface area contributed by atoms with Gasteiger partial charge in [-0.05, 0) is 24.7 Å². The Kier molecular flexibility index (Phi) is 12.9. The molecule has 0 fully saturated rings. The minimum absolute atomic E-state index is 0.726. The molecular weight excluding hydrogens is 332 g/mol.